The van der Waals surface area contributed by atoms with Crippen molar-refractivity contribution in [2.45, 2.75) is 91.3 Å². The van der Waals surface area contributed by atoms with Gasteiger partial charge in [0.2, 0.25) is 0 Å². The number of halogens is 2. The molecule has 5 heteroatoms. The van der Waals surface area contributed by atoms with Crippen LogP contribution in [0.4, 0.5) is 4.39 Å². The average Bonchev–Trinajstić information content (AvgIpc) is 2.87. The highest BCUT2D eigenvalue weighted by Gasteiger charge is 2.41. The molecule has 0 radical (unpaired) electrons. The molecule has 0 unspecified atom stereocenters. The Morgan fingerprint density at radius 3 is 2.31 bits per heavy atom. The zero-order valence-corrected chi connectivity index (χ0v) is 23.9. The molecule has 1 fully saturated rings. The fourth-order valence-corrected chi connectivity index (χ4v) is 5.40. The van der Waals surface area contributed by atoms with Gasteiger partial charge in [0.15, 0.2) is 0 Å². The summed E-state index contributed by atoms with van der Waals surface area (Å²) in [6.07, 6.45) is 12.7. The molecule has 3 nitrogen and oxygen atoms in total. The van der Waals surface area contributed by atoms with Gasteiger partial charge in [0.25, 0.3) is 0 Å². The molecule has 0 saturated heterocycles. The standard InChI is InChI=1S/C31H46ClFN2O/c1-7-29(33)20-26(16-19-32)21-34-31(17-14-27(15-18-31)24(4)5)35(6)30(13-8-23(2)3)28-11-9-25(22-36)10-12-28/h9-12,16,20-24,27,30H,7-8,13-15,17-19H2,1-6H3/b26-16+,29-20+,34-21+/t27?,30-,31?/m1/s1. The Hall–Kier alpha value is -1.78. The van der Waals surface area contributed by atoms with E-state index in [1.807, 2.05) is 24.4 Å². The van der Waals surface area contributed by atoms with E-state index in [1.165, 1.54) is 5.56 Å². The van der Waals surface area contributed by atoms with E-state index in [4.69, 9.17) is 16.6 Å². The van der Waals surface area contributed by atoms with Crippen LogP contribution >= 0.6 is 11.6 Å². The maximum absolute atomic E-state index is 14.1. The molecule has 2 rings (SSSR count). The van der Waals surface area contributed by atoms with Crippen LogP contribution < -0.4 is 0 Å². The predicted octanol–water partition coefficient (Wildman–Crippen LogP) is 8.95. The van der Waals surface area contributed by atoms with Crippen molar-refractivity contribution in [1.29, 1.82) is 0 Å². The second kappa shape index (κ2) is 14.8. The lowest BCUT2D eigenvalue weighted by Crippen LogP contribution is -2.49. The summed E-state index contributed by atoms with van der Waals surface area (Å²) >= 11 is 6.00. The third-order valence-corrected chi connectivity index (χ3v) is 7.95. The molecule has 0 heterocycles. The van der Waals surface area contributed by atoms with Crippen molar-refractivity contribution in [2.24, 2.45) is 22.7 Å². The fraction of sp³-hybridized carbons (Fsp3) is 0.613. The maximum atomic E-state index is 14.1. The molecule has 0 bridgehead atoms. The lowest BCUT2D eigenvalue weighted by atomic mass is 9.75. The number of hydrogen-bond acceptors (Lipinski definition) is 3. The van der Waals surface area contributed by atoms with E-state index >= 15 is 0 Å². The van der Waals surface area contributed by atoms with Crippen LogP contribution in [0.3, 0.4) is 0 Å². The van der Waals surface area contributed by atoms with E-state index in [1.54, 1.807) is 13.0 Å². The van der Waals surface area contributed by atoms with Gasteiger partial charge < -0.3 is 0 Å². The van der Waals surface area contributed by atoms with Crippen molar-refractivity contribution in [1.82, 2.24) is 4.90 Å². The summed E-state index contributed by atoms with van der Waals surface area (Å²) < 4.78 is 14.1. The summed E-state index contributed by atoms with van der Waals surface area (Å²) in [6.45, 7) is 10.9. The number of carbonyl (C=O) groups is 1. The molecular formula is C31H46ClFN2O. The van der Waals surface area contributed by atoms with Gasteiger partial charge in [-0.1, -0.05) is 65.0 Å². The number of benzene rings is 1. The predicted molar refractivity (Wildman–Crippen MR) is 153 cm³/mol. The van der Waals surface area contributed by atoms with Gasteiger partial charge >= 0.3 is 0 Å². The molecule has 1 aliphatic carbocycles. The maximum Gasteiger partial charge on any atom is 0.150 e. The van der Waals surface area contributed by atoms with E-state index in [0.29, 0.717) is 35.6 Å². The second-order valence-electron chi connectivity index (χ2n) is 11.0. The van der Waals surface area contributed by atoms with Crippen LogP contribution in [0.15, 0.2) is 52.8 Å². The number of carbonyl (C=O) groups excluding carboxylic acids is 1. The van der Waals surface area contributed by atoms with Crippen LogP contribution in [0.25, 0.3) is 0 Å². The first-order valence-corrected chi connectivity index (χ1v) is 14.1. The summed E-state index contributed by atoms with van der Waals surface area (Å²) in [6, 6.07) is 8.15. The number of hydrogen-bond donors (Lipinski definition) is 0. The van der Waals surface area contributed by atoms with Gasteiger partial charge in [-0.15, -0.1) is 11.6 Å². The highest BCUT2D eigenvalue weighted by Crippen LogP contribution is 2.44. The third-order valence-electron chi connectivity index (χ3n) is 7.80. The first-order valence-electron chi connectivity index (χ1n) is 13.6. The molecule has 1 atom stereocenters. The summed E-state index contributed by atoms with van der Waals surface area (Å²) in [4.78, 5) is 18.9. The van der Waals surface area contributed by atoms with Gasteiger partial charge in [0.1, 0.15) is 17.8 Å². The number of alkyl halides is 1. The Morgan fingerprint density at radius 2 is 1.81 bits per heavy atom. The minimum absolute atomic E-state index is 0.171. The van der Waals surface area contributed by atoms with E-state index in [9.17, 15) is 9.18 Å². The normalized spacial score (nSPS) is 22.7. The molecule has 0 aliphatic heterocycles. The molecule has 1 aromatic rings. The molecule has 0 aromatic heterocycles. The van der Waals surface area contributed by atoms with Crippen LogP contribution in [0.2, 0.25) is 0 Å². The van der Waals surface area contributed by atoms with E-state index in [0.717, 1.165) is 50.4 Å². The summed E-state index contributed by atoms with van der Waals surface area (Å²) in [5.41, 5.74) is 2.24. The summed E-state index contributed by atoms with van der Waals surface area (Å²) in [5, 5.41) is 0. The Morgan fingerprint density at radius 1 is 1.17 bits per heavy atom. The lowest BCUT2D eigenvalue weighted by Gasteiger charge is -2.48. The molecule has 0 spiro atoms. The zero-order valence-electron chi connectivity index (χ0n) is 23.1. The molecule has 1 saturated carbocycles. The largest absolute Gasteiger partial charge is 0.298 e. The first kappa shape index (κ1) is 30.4. The third kappa shape index (κ3) is 8.66. The van der Waals surface area contributed by atoms with Crippen molar-refractivity contribution in [2.75, 3.05) is 12.9 Å². The smallest absolute Gasteiger partial charge is 0.150 e. The molecule has 0 N–H and O–H groups in total. The van der Waals surface area contributed by atoms with Crippen molar-refractivity contribution >= 4 is 24.1 Å². The van der Waals surface area contributed by atoms with Crippen molar-refractivity contribution in [3.8, 4) is 0 Å². The van der Waals surface area contributed by atoms with Crippen LogP contribution in [-0.4, -0.2) is 36.0 Å². The molecule has 0 amide bonds. The molecule has 200 valence electrons. The number of nitrogens with zero attached hydrogens (tertiary/aromatic N) is 2. The molecule has 1 aromatic carbocycles. The van der Waals surface area contributed by atoms with Gasteiger partial charge in [-0.3, -0.25) is 14.7 Å². The van der Waals surface area contributed by atoms with Crippen molar-refractivity contribution in [3.05, 3.63) is 58.9 Å². The monoisotopic (exact) mass is 516 g/mol. The summed E-state index contributed by atoms with van der Waals surface area (Å²) in [7, 11) is 2.19. The Bertz CT molecular complexity index is 896. The van der Waals surface area contributed by atoms with Gasteiger partial charge in [0.05, 0.1) is 0 Å². The Balaban J connectivity index is 2.50. The SMILES string of the molecule is CC\C(F)=C/C(/C=N/C1(N(C)[C@H](CCC(C)C)c2ccc(C=O)cc2)CCC(C(C)C)CC1)=C\CCl. The number of rotatable bonds is 13. The number of aldehydes is 1. The van der Waals surface area contributed by atoms with Gasteiger partial charge in [-0.05, 0) is 87.0 Å². The first-order chi connectivity index (χ1) is 17.2. The fourth-order valence-electron chi connectivity index (χ4n) is 5.22. The minimum atomic E-state index is -0.377. The minimum Gasteiger partial charge on any atom is -0.298 e. The molecule has 36 heavy (non-hydrogen) atoms. The topological polar surface area (TPSA) is 32.7 Å². The van der Waals surface area contributed by atoms with Crippen LogP contribution in [0, 0.1) is 17.8 Å². The van der Waals surface area contributed by atoms with Crippen LogP contribution in [-0.2, 0) is 0 Å². The highest BCUT2D eigenvalue weighted by molar-refractivity contribution is 6.19. The van der Waals surface area contributed by atoms with Crippen molar-refractivity contribution in [3.63, 3.8) is 0 Å². The van der Waals surface area contributed by atoms with Gasteiger partial charge in [-0.2, -0.15) is 0 Å². The number of aliphatic imine (C=N–C) groups is 1. The summed E-state index contributed by atoms with van der Waals surface area (Å²) in [5.74, 6) is 2.07. The zero-order chi connectivity index (χ0) is 26.7. The van der Waals surface area contributed by atoms with Crippen LogP contribution in [0.5, 0.6) is 0 Å². The van der Waals surface area contributed by atoms with Crippen LogP contribution in [0.1, 0.15) is 102 Å². The Kier molecular flexibility index (Phi) is 12.5. The van der Waals surface area contributed by atoms with E-state index in [2.05, 4.69) is 51.8 Å². The molecule has 1 aliphatic rings. The number of allylic oxidation sites excluding steroid dienone is 4. The lowest BCUT2D eigenvalue weighted by molar-refractivity contribution is 0.0187. The van der Waals surface area contributed by atoms with E-state index in [-0.39, 0.29) is 17.5 Å². The average molecular weight is 517 g/mol. The van der Waals surface area contributed by atoms with Crippen molar-refractivity contribution < 1.29 is 9.18 Å². The van der Waals surface area contributed by atoms with Gasteiger partial charge in [0, 0.05) is 23.7 Å². The highest BCUT2D eigenvalue weighted by atomic mass is 35.5. The molecular weight excluding hydrogens is 471 g/mol. The second-order valence-corrected chi connectivity index (χ2v) is 11.3. The quantitative estimate of drug-likeness (QED) is 0.113. The van der Waals surface area contributed by atoms with E-state index < -0.39 is 0 Å². The van der Waals surface area contributed by atoms with Gasteiger partial charge in [-0.25, -0.2) is 4.39 Å². The Labute approximate surface area is 223 Å².